The topological polar surface area (TPSA) is 66.9 Å². The Hall–Kier alpha value is -3.06. The van der Waals surface area contributed by atoms with Gasteiger partial charge < -0.3 is 10.6 Å². The Morgan fingerprint density at radius 3 is 2.44 bits per heavy atom. The predicted molar refractivity (Wildman–Crippen MR) is 99.2 cm³/mol. The van der Waals surface area contributed by atoms with Gasteiger partial charge in [-0.25, -0.2) is 18.7 Å². The Labute approximate surface area is 159 Å². The van der Waals surface area contributed by atoms with Gasteiger partial charge in [0, 0.05) is 23.3 Å². The fourth-order valence-electron chi connectivity index (χ4n) is 2.29. The molecule has 0 bridgehead atoms. The van der Waals surface area contributed by atoms with E-state index >= 15 is 0 Å². The predicted octanol–water partition coefficient (Wildman–Crippen LogP) is 4.12. The van der Waals surface area contributed by atoms with Gasteiger partial charge in [-0.05, 0) is 36.2 Å². The zero-order valence-electron chi connectivity index (χ0n) is 14.0. The van der Waals surface area contributed by atoms with E-state index in [9.17, 15) is 13.6 Å². The van der Waals surface area contributed by atoms with E-state index in [4.69, 9.17) is 11.6 Å². The van der Waals surface area contributed by atoms with Crippen LogP contribution in [0, 0.1) is 11.6 Å². The van der Waals surface area contributed by atoms with Crippen LogP contribution in [-0.2, 0) is 6.42 Å². The van der Waals surface area contributed by atoms with Gasteiger partial charge in [0.05, 0.1) is 12.4 Å². The molecule has 0 aliphatic carbocycles. The second-order valence-electron chi connectivity index (χ2n) is 5.67. The van der Waals surface area contributed by atoms with Crippen molar-refractivity contribution in [1.29, 1.82) is 0 Å². The van der Waals surface area contributed by atoms with Gasteiger partial charge in [0.25, 0.3) is 5.91 Å². The molecular formula is C19H15ClF2N4O. The zero-order chi connectivity index (χ0) is 19.2. The van der Waals surface area contributed by atoms with Crippen molar-refractivity contribution in [3.63, 3.8) is 0 Å². The van der Waals surface area contributed by atoms with Gasteiger partial charge in [0.2, 0.25) is 0 Å². The summed E-state index contributed by atoms with van der Waals surface area (Å²) in [4.78, 5) is 20.2. The molecule has 1 heterocycles. The summed E-state index contributed by atoms with van der Waals surface area (Å²) in [7, 11) is 0. The first-order chi connectivity index (χ1) is 13.0. The van der Waals surface area contributed by atoms with Crippen LogP contribution >= 0.6 is 11.6 Å². The average molecular weight is 389 g/mol. The SMILES string of the molecule is O=C(NCCc1ccc(Cl)cc1)c1cnc(Nc2ccc(F)c(F)c2)cn1. The highest BCUT2D eigenvalue weighted by Gasteiger charge is 2.08. The van der Waals surface area contributed by atoms with Crippen LogP contribution < -0.4 is 10.6 Å². The molecule has 5 nitrogen and oxygen atoms in total. The van der Waals surface area contributed by atoms with Gasteiger partial charge in [-0.3, -0.25) is 4.79 Å². The third kappa shape index (κ3) is 5.21. The smallest absolute Gasteiger partial charge is 0.271 e. The van der Waals surface area contributed by atoms with Crippen LogP contribution in [0.4, 0.5) is 20.3 Å². The van der Waals surface area contributed by atoms with Crippen LogP contribution in [0.25, 0.3) is 0 Å². The summed E-state index contributed by atoms with van der Waals surface area (Å²) >= 11 is 5.83. The average Bonchev–Trinajstić information content (AvgIpc) is 2.67. The number of carbonyl (C=O) groups excluding carboxylic acids is 1. The molecule has 0 aliphatic heterocycles. The first-order valence-electron chi connectivity index (χ1n) is 8.08. The second kappa shape index (κ2) is 8.55. The summed E-state index contributed by atoms with van der Waals surface area (Å²) in [6.45, 7) is 0.441. The number of amides is 1. The minimum atomic E-state index is -0.968. The second-order valence-corrected chi connectivity index (χ2v) is 6.11. The number of rotatable bonds is 6. The van der Waals surface area contributed by atoms with Gasteiger partial charge in [-0.1, -0.05) is 23.7 Å². The number of aromatic nitrogens is 2. The summed E-state index contributed by atoms with van der Waals surface area (Å²) in [6, 6.07) is 10.8. The number of nitrogens with zero attached hydrogens (tertiary/aromatic N) is 2. The van der Waals surface area contributed by atoms with Crippen LogP contribution in [0.5, 0.6) is 0 Å². The third-order valence-corrected chi connectivity index (χ3v) is 3.94. The van der Waals surface area contributed by atoms with E-state index in [2.05, 4.69) is 20.6 Å². The maximum absolute atomic E-state index is 13.2. The minimum Gasteiger partial charge on any atom is -0.350 e. The Morgan fingerprint density at radius 2 is 1.78 bits per heavy atom. The first kappa shape index (κ1) is 18.7. The highest BCUT2D eigenvalue weighted by molar-refractivity contribution is 6.30. The van der Waals surface area contributed by atoms with E-state index in [0.717, 1.165) is 17.7 Å². The molecule has 1 amide bonds. The highest BCUT2D eigenvalue weighted by atomic mass is 35.5. The molecular weight excluding hydrogens is 374 g/mol. The summed E-state index contributed by atoms with van der Waals surface area (Å²) in [5, 5.41) is 6.21. The van der Waals surface area contributed by atoms with Crippen molar-refractivity contribution in [3.8, 4) is 0 Å². The van der Waals surface area contributed by atoms with Crippen molar-refractivity contribution in [2.45, 2.75) is 6.42 Å². The van der Waals surface area contributed by atoms with Crippen molar-refractivity contribution in [2.24, 2.45) is 0 Å². The van der Waals surface area contributed by atoms with Gasteiger partial charge >= 0.3 is 0 Å². The number of hydrogen-bond acceptors (Lipinski definition) is 4. The van der Waals surface area contributed by atoms with Crippen molar-refractivity contribution in [3.05, 3.63) is 82.8 Å². The number of halogens is 3. The number of nitrogens with one attached hydrogen (secondary N) is 2. The Balaban J connectivity index is 1.53. The number of benzene rings is 2. The van der Waals surface area contributed by atoms with Gasteiger partial charge in [-0.2, -0.15) is 0 Å². The van der Waals surface area contributed by atoms with Crippen LogP contribution in [0.2, 0.25) is 5.02 Å². The highest BCUT2D eigenvalue weighted by Crippen LogP contribution is 2.17. The van der Waals surface area contributed by atoms with Gasteiger partial charge in [0.1, 0.15) is 11.5 Å². The summed E-state index contributed by atoms with van der Waals surface area (Å²) in [5.74, 6) is -1.95. The minimum absolute atomic E-state index is 0.155. The van der Waals surface area contributed by atoms with E-state index in [1.807, 2.05) is 12.1 Å². The summed E-state index contributed by atoms with van der Waals surface area (Å²) in [5.41, 5.74) is 1.53. The summed E-state index contributed by atoms with van der Waals surface area (Å²) in [6.07, 6.45) is 3.31. The fraction of sp³-hybridized carbons (Fsp3) is 0.105. The van der Waals surface area contributed by atoms with Crippen LogP contribution in [0.15, 0.2) is 54.9 Å². The van der Waals surface area contributed by atoms with Crippen molar-refractivity contribution < 1.29 is 13.6 Å². The number of carbonyl (C=O) groups is 1. The fourth-order valence-corrected chi connectivity index (χ4v) is 2.42. The molecule has 0 aliphatic rings. The van der Waals surface area contributed by atoms with Crippen LogP contribution in [0.3, 0.4) is 0 Å². The molecule has 0 fully saturated rings. The summed E-state index contributed by atoms with van der Waals surface area (Å²) < 4.78 is 26.1. The molecule has 8 heteroatoms. The molecule has 0 unspecified atom stereocenters. The standard InChI is InChI=1S/C19H15ClF2N4O/c20-13-3-1-12(2-4-13)7-8-23-19(27)17-10-25-18(11-24-17)26-14-5-6-15(21)16(22)9-14/h1-6,9-11H,7-8H2,(H,23,27)(H,25,26). The maximum atomic E-state index is 13.2. The van der Waals surface area contributed by atoms with Crippen LogP contribution in [-0.4, -0.2) is 22.4 Å². The quantitative estimate of drug-likeness (QED) is 0.666. The zero-order valence-corrected chi connectivity index (χ0v) is 14.8. The molecule has 27 heavy (non-hydrogen) atoms. The molecule has 0 atom stereocenters. The first-order valence-corrected chi connectivity index (χ1v) is 8.46. The van der Waals surface area contributed by atoms with E-state index in [1.54, 1.807) is 12.1 Å². The van der Waals surface area contributed by atoms with E-state index in [-0.39, 0.29) is 11.6 Å². The lowest BCUT2D eigenvalue weighted by Gasteiger charge is -2.07. The van der Waals surface area contributed by atoms with Gasteiger partial charge in [-0.15, -0.1) is 0 Å². The van der Waals surface area contributed by atoms with Crippen molar-refractivity contribution >= 4 is 29.0 Å². The molecule has 0 saturated carbocycles. The molecule has 1 aromatic heterocycles. The Kier molecular flexibility index (Phi) is 5.93. The monoisotopic (exact) mass is 388 g/mol. The number of hydrogen-bond donors (Lipinski definition) is 2. The Bertz CT molecular complexity index is 933. The lowest BCUT2D eigenvalue weighted by atomic mass is 10.1. The third-order valence-electron chi connectivity index (χ3n) is 3.69. The molecule has 3 aromatic rings. The largest absolute Gasteiger partial charge is 0.350 e. The molecule has 2 aromatic carbocycles. The number of anilines is 2. The molecule has 0 saturated heterocycles. The van der Waals surface area contributed by atoms with E-state index in [1.165, 1.54) is 18.5 Å². The molecule has 2 N–H and O–H groups in total. The molecule has 3 rings (SSSR count). The lowest BCUT2D eigenvalue weighted by molar-refractivity contribution is 0.0949. The normalized spacial score (nSPS) is 10.5. The molecule has 0 spiro atoms. The van der Waals surface area contributed by atoms with Crippen molar-refractivity contribution in [1.82, 2.24) is 15.3 Å². The molecule has 138 valence electrons. The van der Waals surface area contributed by atoms with Crippen LogP contribution in [0.1, 0.15) is 16.1 Å². The van der Waals surface area contributed by atoms with E-state index in [0.29, 0.717) is 29.5 Å². The molecule has 0 radical (unpaired) electrons. The van der Waals surface area contributed by atoms with Crippen molar-refractivity contribution in [2.75, 3.05) is 11.9 Å². The Morgan fingerprint density at radius 1 is 1.00 bits per heavy atom. The van der Waals surface area contributed by atoms with E-state index < -0.39 is 11.6 Å². The van der Waals surface area contributed by atoms with Gasteiger partial charge in [0.15, 0.2) is 11.6 Å². The lowest BCUT2D eigenvalue weighted by Crippen LogP contribution is -2.26. The maximum Gasteiger partial charge on any atom is 0.271 e.